The Hall–Kier alpha value is -3.31. The smallest absolute Gasteiger partial charge is 0.255 e. The van der Waals surface area contributed by atoms with Crippen LogP contribution in [0, 0.1) is 0 Å². The molecule has 154 valence electrons. The molecule has 0 heterocycles. The largest absolute Gasteiger partial charge is 0.494 e. The van der Waals surface area contributed by atoms with Gasteiger partial charge in [0.25, 0.3) is 11.8 Å². The minimum Gasteiger partial charge on any atom is -0.494 e. The highest BCUT2D eigenvalue weighted by Gasteiger charge is 2.09. The molecule has 0 spiro atoms. The summed E-state index contributed by atoms with van der Waals surface area (Å²) in [5, 5.41) is 6.14. The quantitative estimate of drug-likeness (QED) is 0.436. The van der Waals surface area contributed by atoms with Gasteiger partial charge in [0, 0.05) is 27.5 Å². The van der Waals surface area contributed by atoms with E-state index in [1.54, 1.807) is 72.8 Å². The van der Waals surface area contributed by atoms with Gasteiger partial charge < -0.3 is 15.4 Å². The summed E-state index contributed by atoms with van der Waals surface area (Å²) < 4.78 is 5.61. The molecular weight excluding hydrogens is 400 g/mol. The number of carbonyl (C=O) groups excluding carboxylic acids is 2. The number of hydrogen-bond donors (Lipinski definition) is 2. The summed E-state index contributed by atoms with van der Waals surface area (Å²) in [6.07, 6.45) is 2.07. The maximum Gasteiger partial charge on any atom is 0.255 e. The third-order valence-corrected chi connectivity index (χ3v) is 4.61. The summed E-state index contributed by atoms with van der Waals surface area (Å²) in [7, 11) is 0. The fourth-order valence-corrected chi connectivity index (χ4v) is 2.90. The number of carbonyl (C=O) groups is 2. The molecule has 0 radical (unpaired) electrons. The van der Waals surface area contributed by atoms with Crippen LogP contribution in [0.1, 0.15) is 40.5 Å². The minimum atomic E-state index is -0.254. The van der Waals surface area contributed by atoms with Crippen LogP contribution in [0.3, 0.4) is 0 Å². The zero-order valence-corrected chi connectivity index (χ0v) is 17.4. The first-order chi connectivity index (χ1) is 14.5. The second-order valence-electron chi connectivity index (χ2n) is 6.72. The molecule has 0 unspecified atom stereocenters. The second kappa shape index (κ2) is 10.5. The van der Waals surface area contributed by atoms with Gasteiger partial charge in [-0.2, -0.15) is 0 Å². The molecule has 3 aromatic rings. The van der Waals surface area contributed by atoms with E-state index in [0.29, 0.717) is 34.1 Å². The lowest BCUT2D eigenvalue weighted by atomic mass is 10.2. The molecule has 2 N–H and O–H groups in total. The number of nitrogens with one attached hydrogen (secondary N) is 2. The first kappa shape index (κ1) is 21.4. The van der Waals surface area contributed by atoms with Crippen LogP contribution in [0.2, 0.25) is 5.02 Å². The molecule has 2 amide bonds. The van der Waals surface area contributed by atoms with Gasteiger partial charge in [0.05, 0.1) is 6.61 Å². The molecule has 0 saturated carbocycles. The molecule has 0 bridgehead atoms. The number of rotatable bonds is 8. The van der Waals surface area contributed by atoms with Crippen LogP contribution in [0.4, 0.5) is 11.4 Å². The van der Waals surface area contributed by atoms with Crippen molar-refractivity contribution >= 4 is 34.8 Å². The molecule has 0 fully saturated rings. The fourth-order valence-electron chi connectivity index (χ4n) is 2.71. The number of amides is 2. The summed E-state index contributed by atoms with van der Waals surface area (Å²) in [4.78, 5) is 24.7. The van der Waals surface area contributed by atoms with Crippen LogP contribution >= 0.6 is 11.6 Å². The number of benzene rings is 3. The van der Waals surface area contributed by atoms with E-state index >= 15 is 0 Å². The van der Waals surface area contributed by atoms with E-state index < -0.39 is 0 Å². The average molecular weight is 423 g/mol. The van der Waals surface area contributed by atoms with E-state index in [9.17, 15) is 9.59 Å². The lowest BCUT2D eigenvalue weighted by molar-refractivity contribution is 0.101. The summed E-state index contributed by atoms with van der Waals surface area (Å²) in [6.45, 7) is 2.78. The molecular formula is C24H23ClN2O3. The van der Waals surface area contributed by atoms with Gasteiger partial charge in [0.2, 0.25) is 0 Å². The Morgan fingerprint density at radius 1 is 0.833 bits per heavy atom. The van der Waals surface area contributed by atoms with Gasteiger partial charge in [-0.1, -0.05) is 31.0 Å². The Morgan fingerprint density at radius 2 is 1.43 bits per heavy atom. The van der Waals surface area contributed by atoms with Crippen LogP contribution in [0.15, 0.2) is 72.8 Å². The van der Waals surface area contributed by atoms with E-state index in [-0.39, 0.29) is 11.8 Å². The van der Waals surface area contributed by atoms with Crippen LogP contribution in [-0.4, -0.2) is 18.4 Å². The summed E-state index contributed by atoms with van der Waals surface area (Å²) in [5.41, 5.74) is 2.26. The Bertz CT molecular complexity index is 1000. The number of ether oxygens (including phenoxy) is 1. The molecule has 30 heavy (non-hydrogen) atoms. The van der Waals surface area contributed by atoms with E-state index in [2.05, 4.69) is 17.6 Å². The predicted octanol–water partition coefficient (Wildman–Crippen LogP) is 6.02. The summed E-state index contributed by atoms with van der Waals surface area (Å²) in [6, 6.07) is 20.7. The van der Waals surface area contributed by atoms with Crippen molar-refractivity contribution in [3.8, 4) is 5.75 Å². The van der Waals surface area contributed by atoms with Gasteiger partial charge in [-0.25, -0.2) is 0 Å². The Kier molecular flexibility index (Phi) is 7.46. The van der Waals surface area contributed by atoms with Gasteiger partial charge in [-0.05, 0) is 73.2 Å². The first-order valence-electron chi connectivity index (χ1n) is 9.76. The third kappa shape index (κ3) is 6.09. The molecule has 5 nitrogen and oxygen atoms in total. The predicted molar refractivity (Wildman–Crippen MR) is 121 cm³/mol. The molecule has 0 saturated heterocycles. The van der Waals surface area contributed by atoms with Gasteiger partial charge in [0.1, 0.15) is 5.75 Å². The van der Waals surface area contributed by atoms with Gasteiger partial charge >= 0.3 is 0 Å². The molecule has 0 atom stereocenters. The van der Waals surface area contributed by atoms with E-state index in [1.807, 2.05) is 0 Å². The van der Waals surface area contributed by atoms with Crippen molar-refractivity contribution in [1.82, 2.24) is 0 Å². The van der Waals surface area contributed by atoms with Crippen molar-refractivity contribution in [2.45, 2.75) is 19.8 Å². The molecule has 0 aromatic heterocycles. The summed E-state index contributed by atoms with van der Waals surface area (Å²) >= 11 is 5.92. The van der Waals surface area contributed by atoms with Gasteiger partial charge in [0.15, 0.2) is 0 Å². The maximum absolute atomic E-state index is 12.4. The van der Waals surface area contributed by atoms with Gasteiger partial charge in [-0.3, -0.25) is 9.59 Å². The van der Waals surface area contributed by atoms with E-state index in [1.165, 1.54) is 0 Å². The lowest BCUT2D eigenvalue weighted by Crippen LogP contribution is -2.13. The highest BCUT2D eigenvalue weighted by atomic mass is 35.5. The van der Waals surface area contributed by atoms with E-state index in [0.717, 1.165) is 18.6 Å². The number of halogens is 1. The molecule has 0 aliphatic heterocycles. The SMILES string of the molecule is CCCCOc1ccc(C(=O)Nc2ccc(NC(=O)c3cccc(Cl)c3)cc2)cc1. The normalized spacial score (nSPS) is 10.3. The minimum absolute atomic E-state index is 0.217. The maximum atomic E-state index is 12.4. The third-order valence-electron chi connectivity index (χ3n) is 4.37. The Balaban J connectivity index is 1.56. The van der Waals surface area contributed by atoms with Crippen molar-refractivity contribution in [3.05, 3.63) is 88.9 Å². The second-order valence-corrected chi connectivity index (χ2v) is 7.16. The van der Waals surface area contributed by atoms with Crippen molar-refractivity contribution < 1.29 is 14.3 Å². The molecule has 0 aliphatic rings. The summed E-state index contributed by atoms with van der Waals surface area (Å²) in [5.74, 6) is 0.279. The van der Waals surface area contributed by atoms with Crippen LogP contribution in [0.5, 0.6) is 5.75 Å². The van der Waals surface area contributed by atoms with Crippen molar-refractivity contribution in [3.63, 3.8) is 0 Å². The number of unbranched alkanes of at least 4 members (excludes halogenated alkanes) is 1. The van der Waals surface area contributed by atoms with Crippen LogP contribution < -0.4 is 15.4 Å². The van der Waals surface area contributed by atoms with Gasteiger partial charge in [-0.15, -0.1) is 0 Å². The standard InChI is InChI=1S/C24H23ClN2O3/c1-2-3-15-30-22-13-7-17(8-14-22)23(28)26-20-9-11-21(12-10-20)27-24(29)18-5-4-6-19(25)16-18/h4-14,16H,2-3,15H2,1H3,(H,26,28)(H,27,29). The zero-order chi connectivity index (χ0) is 21.3. The lowest BCUT2D eigenvalue weighted by Gasteiger charge is -2.09. The average Bonchev–Trinajstić information content (AvgIpc) is 2.76. The fraction of sp³-hybridized carbons (Fsp3) is 0.167. The number of anilines is 2. The first-order valence-corrected chi connectivity index (χ1v) is 10.1. The Labute approximate surface area is 181 Å². The monoisotopic (exact) mass is 422 g/mol. The molecule has 0 aliphatic carbocycles. The van der Waals surface area contributed by atoms with Crippen LogP contribution in [0.25, 0.3) is 0 Å². The molecule has 3 rings (SSSR count). The van der Waals surface area contributed by atoms with E-state index in [4.69, 9.17) is 16.3 Å². The van der Waals surface area contributed by atoms with Crippen LogP contribution in [-0.2, 0) is 0 Å². The molecule has 3 aromatic carbocycles. The number of hydrogen-bond acceptors (Lipinski definition) is 3. The molecule has 6 heteroatoms. The highest BCUT2D eigenvalue weighted by molar-refractivity contribution is 6.31. The zero-order valence-electron chi connectivity index (χ0n) is 16.7. The van der Waals surface area contributed by atoms with Crippen molar-refractivity contribution in [2.24, 2.45) is 0 Å². The highest BCUT2D eigenvalue weighted by Crippen LogP contribution is 2.18. The van der Waals surface area contributed by atoms with Crippen molar-refractivity contribution in [1.29, 1.82) is 0 Å². The Morgan fingerprint density at radius 3 is 2.00 bits per heavy atom. The topological polar surface area (TPSA) is 67.4 Å². The van der Waals surface area contributed by atoms with Crippen molar-refractivity contribution in [2.75, 3.05) is 17.2 Å².